The normalized spacial score (nSPS) is 45.3. The Morgan fingerprint density at radius 3 is 2.39 bits per heavy atom. The molecule has 38 heavy (non-hydrogen) atoms. The lowest BCUT2D eigenvalue weighted by Crippen LogP contribution is -2.64. The maximum absolute atomic E-state index is 14.4. The molecule has 0 spiro atoms. The SMILES string of the molecule is CNC(=O)CCC12CCC(C)(C)CC1C1C(=O)C=C3C4(C)C=C(C#N)C(=O)C(C)C4CCC3(C)C1(C)CC2. The molecular formula is C33H46N2O3. The first-order valence-electron chi connectivity index (χ1n) is 14.8. The lowest BCUT2D eigenvalue weighted by atomic mass is 9.34. The fourth-order valence-corrected chi connectivity index (χ4v) is 10.3. The number of carbonyl (C=O) groups excluding carboxylic acids is 3. The molecule has 0 aromatic carbocycles. The molecule has 0 radical (unpaired) electrons. The maximum atomic E-state index is 14.4. The van der Waals surface area contributed by atoms with Crippen molar-refractivity contribution in [1.29, 1.82) is 5.26 Å². The van der Waals surface area contributed by atoms with Crippen LogP contribution in [0.5, 0.6) is 0 Å². The van der Waals surface area contributed by atoms with E-state index in [1.165, 1.54) is 0 Å². The van der Waals surface area contributed by atoms with Gasteiger partial charge in [0.1, 0.15) is 6.07 Å². The van der Waals surface area contributed by atoms with Crippen LogP contribution in [0.4, 0.5) is 0 Å². The summed E-state index contributed by atoms with van der Waals surface area (Å²) in [6.45, 7) is 13.6. The molecule has 8 unspecified atom stereocenters. The number of amides is 1. The summed E-state index contributed by atoms with van der Waals surface area (Å²) in [4.78, 5) is 39.7. The zero-order chi connectivity index (χ0) is 27.9. The highest BCUT2D eigenvalue weighted by Gasteiger charge is 2.68. The third kappa shape index (κ3) is 3.57. The van der Waals surface area contributed by atoms with Crippen LogP contribution in [0.15, 0.2) is 23.3 Å². The van der Waals surface area contributed by atoms with Gasteiger partial charge >= 0.3 is 0 Å². The molecule has 5 aliphatic rings. The first-order chi connectivity index (χ1) is 17.7. The lowest BCUT2D eigenvalue weighted by molar-refractivity contribution is -0.171. The van der Waals surface area contributed by atoms with E-state index < -0.39 is 5.41 Å². The minimum absolute atomic E-state index is 0.0321. The summed E-state index contributed by atoms with van der Waals surface area (Å²) in [7, 11) is 1.71. The van der Waals surface area contributed by atoms with E-state index in [0.29, 0.717) is 6.42 Å². The summed E-state index contributed by atoms with van der Waals surface area (Å²) >= 11 is 0. The first-order valence-corrected chi connectivity index (χ1v) is 14.8. The smallest absolute Gasteiger partial charge is 0.219 e. The Labute approximate surface area is 228 Å². The van der Waals surface area contributed by atoms with Crippen LogP contribution in [-0.4, -0.2) is 24.5 Å². The quantitative estimate of drug-likeness (QED) is 0.472. The van der Waals surface area contributed by atoms with Crippen LogP contribution in [0.3, 0.4) is 0 Å². The Hall–Kier alpha value is -2.22. The van der Waals surface area contributed by atoms with Gasteiger partial charge in [-0.25, -0.2) is 0 Å². The van der Waals surface area contributed by atoms with Crippen molar-refractivity contribution in [2.75, 3.05) is 7.05 Å². The van der Waals surface area contributed by atoms with Crippen molar-refractivity contribution in [2.24, 2.45) is 50.7 Å². The highest BCUT2D eigenvalue weighted by atomic mass is 16.1. The van der Waals surface area contributed by atoms with E-state index in [4.69, 9.17) is 0 Å². The molecule has 5 aliphatic carbocycles. The Morgan fingerprint density at radius 2 is 1.74 bits per heavy atom. The second-order valence-electron chi connectivity index (χ2n) is 14.9. The molecule has 0 aromatic rings. The van der Waals surface area contributed by atoms with Gasteiger partial charge in [0.2, 0.25) is 5.91 Å². The molecule has 5 nitrogen and oxygen atoms in total. The molecular weight excluding hydrogens is 472 g/mol. The summed E-state index contributed by atoms with van der Waals surface area (Å²) in [5.41, 5.74) is 0.790. The fraction of sp³-hybridized carbons (Fsp3) is 0.758. The molecule has 0 aliphatic heterocycles. The van der Waals surface area contributed by atoms with Crippen molar-refractivity contribution in [3.8, 4) is 6.07 Å². The molecule has 0 aromatic heterocycles. The van der Waals surface area contributed by atoms with Crippen LogP contribution in [0.1, 0.15) is 99.3 Å². The Balaban J connectivity index is 1.63. The van der Waals surface area contributed by atoms with Gasteiger partial charge in [0.25, 0.3) is 0 Å². The lowest BCUT2D eigenvalue weighted by Gasteiger charge is -2.69. The Morgan fingerprint density at radius 1 is 1.05 bits per heavy atom. The van der Waals surface area contributed by atoms with E-state index in [2.05, 4.69) is 46.0 Å². The van der Waals surface area contributed by atoms with Crippen molar-refractivity contribution >= 4 is 17.5 Å². The predicted molar refractivity (Wildman–Crippen MR) is 148 cm³/mol. The molecule has 1 N–H and O–H groups in total. The van der Waals surface area contributed by atoms with Gasteiger partial charge in [-0.05, 0) is 90.9 Å². The number of allylic oxidation sites excluding steroid dienone is 4. The van der Waals surface area contributed by atoms with Crippen molar-refractivity contribution in [3.05, 3.63) is 23.3 Å². The van der Waals surface area contributed by atoms with E-state index in [-0.39, 0.29) is 68.4 Å². The van der Waals surface area contributed by atoms with Crippen molar-refractivity contribution < 1.29 is 14.4 Å². The third-order valence-electron chi connectivity index (χ3n) is 12.8. The number of hydrogen-bond donors (Lipinski definition) is 1. The van der Waals surface area contributed by atoms with Crippen LogP contribution in [0, 0.1) is 62.1 Å². The highest BCUT2D eigenvalue weighted by Crippen LogP contribution is 2.74. The van der Waals surface area contributed by atoms with E-state index in [9.17, 15) is 19.6 Å². The molecule has 5 rings (SSSR count). The number of ketones is 2. The topological polar surface area (TPSA) is 87.0 Å². The monoisotopic (exact) mass is 518 g/mol. The van der Waals surface area contributed by atoms with Crippen LogP contribution in [-0.2, 0) is 14.4 Å². The first kappa shape index (κ1) is 27.4. The average Bonchev–Trinajstić information content (AvgIpc) is 2.86. The molecule has 206 valence electrons. The second-order valence-corrected chi connectivity index (χ2v) is 14.9. The summed E-state index contributed by atoms with van der Waals surface area (Å²) < 4.78 is 0. The number of carbonyl (C=O) groups is 3. The van der Waals surface area contributed by atoms with Gasteiger partial charge in [0, 0.05) is 30.7 Å². The van der Waals surface area contributed by atoms with E-state index in [1.54, 1.807) is 7.05 Å². The zero-order valence-corrected chi connectivity index (χ0v) is 24.5. The van der Waals surface area contributed by atoms with Gasteiger partial charge in [-0.3, -0.25) is 14.4 Å². The summed E-state index contributed by atoms with van der Waals surface area (Å²) in [6, 6.07) is 2.17. The number of Topliss-reactive ketones (excluding diaryl/α,β-unsaturated/α-hetero) is 1. The number of nitrogens with one attached hydrogen (secondary N) is 1. The van der Waals surface area contributed by atoms with Crippen LogP contribution in [0.2, 0.25) is 0 Å². The number of nitriles is 1. The predicted octanol–water partition coefficient (Wildman–Crippen LogP) is 6.34. The van der Waals surface area contributed by atoms with Crippen LogP contribution >= 0.6 is 0 Å². The van der Waals surface area contributed by atoms with Crippen molar-refractivity contribution in [2.45, 2.75) is 99.3 Å². The van der Waals surface area contributed by atoms with Crippen molar-refractivity contribution in [1.82, 2.24) is 5.32 Å². The molecule has 1 amide bonds. The van der Waals surface area contributed by atoms with Gasteiger partial charge in [0.15, 0.2) is 11.6 Å². The van der Waals surface area contributed by atoms with E-state index in [1.807, 2.05) is 19.1 Å². The van der Waals surface area contributed by atoms with Gasteiger partial charge in [-0.15, -0.1) is 0 Å². The van der Waals surface area contributed by atoms with Gasteiger partial charge in [-0.2, -0.15) is 5.26 Å². The van der Waals surface area contributed by atoms with Crippen LogP contribution in [0.25, 0.3) is 0 Å². The number of rotatable bonds is 3. The maximum Gasteiger partial charge on any atom is 0.219 e. The summed E-state index contributed by atoms with van der Waals surface area (Å²) in [5.74, 6) is 0.388. The Bertz CT molecular complexity index is 1190. The minimum Gasteiger partial charge on any atom is -0.359 e. The number of fused-ring (bicyclic) bond motifs is 7. The standard InChI is InChI=1S/C33H46N2O3/c1-20-22-8-10-31(5)25(30(22,4)17-21(19-34)28(20)38)16-24(36)27-23-18-29(2,3)12-14-33(23,11-9-26(37)35-7)15-13-32(27,31)6/h16-17,20,22-23,27H,8-15,18H2,1-7H3,(H,35,37). The zero-order valence-electron chi connectivity index (χ0n) is 24.5. The molecule has 3 fully saturated rings. The summed E-state index contributed by atoms with van der Waals surface area (Å²) in [6.07, 6.45) is 12.5. The fourth-order valence-electron chi connectivity index (χ4n) is 10.3. The Kier molecular flexibility index (Phi) is 6.22. The van der Waals surface area contributed by atoms with Crippen molar-refractivity contribution in [3.63, 3.8) is 0 Å². The number of hydrogen-bond acceptors (Lipinski definition) is 4. The second kappa shape index (κ2) is 8.64. The largest absolute Gasteiger partial charge is 0.359 e. The molecule has 8 atom stereocenters. The highest BCUT2D eigenvalue weighted by molar-refractivity contribution is 6.02. The van der Waals surface area contributed by atoms with E-state index in [0.717, 1.165) is 56.9 Å². The van der Waals surface area contributed by atoms with Gasteiger partial charge in [0.05, 0.1) is 5.57 Å². The van der Waals surface area contributed by atoms with Gasteiger partial charge in [-0.1, -0.05) is 53.2 Å². The minimum atomic E-state index is -0.464. The summed E-state index contributed by atoms with van der Waals surface area (Å²) in [5, 5.41) is 12.6. The molecule has 0 saturated heterocycles. The molecule has 0 bridgehead atoms. The molecule has 5 heteroatoms. The van der Waals surface area contributed by atoms with Gasteiger partial charge < -0.3 is 5.32 Å². The third-order valence-corrected chi connectivity index (χ3v) is 12.8. The molecule has 3 saturated carbocycles. The number of nitrogens with zero attached hydrogens (tertiary/aromatic N) is 1. The van der Waals surface area contributed by atoms with E-state index >= 15 is 0 Å². The molecule has 0 heterocycles. The average molecular weight is 519 g/mol. The van der Waals surface area contributed by atoms with Crippen LogP contribution < -0.4 is 5.32 Å².